The predicted octanol–water partition coefficient (Wildman–Crippen LogP) is 4.03. The second-order valence-corrected chi connectivity index (χ2v) is 6.90. The summed E-state index contributed by atoms with van der Waals surface area (Å²) in [7, 11) is 0. The van der Waals surface area contributed by atoms with Crippen molar-refractivity contribution in [1.82, 2.24) is 9.80 Å². The molecule has 0 bridgehead atoms. The molecule has 0 saturated carbocycles. The van der Waals surface area contributed by atoms with E-state index >= 15 is 0 Å². The van der Waals surface area contributed by atoms with Crippen molar-refractivity contribution >= 4 is 11.7 Å². The molecule has 2 aromatic carbocycles. The molecule has 0 aromatic heterocycles. The molecule has 26 heavy (non-hydrogen) atoms. The number of hydrogen-bond donors (Lipinski definition) is 1. The van der Waals surface area contributed by atoms with Gasteiger partial charge in [0.05, 0.1) is 0 Å². The Morgan fingerprint density at radius 3 is 2.27 bits per heavy atom. The topological polar surface area (TPSA) is 35.6 Å². The lowest BCUT2D eigenvalue weighted by molar-refractivity contribution is 0.146. The molecular weight excluding hydrogens is 322 g/mol. The zero-order valence-corrected chi connectivity index (χ0v) is 15.7. The van der Waals surface area contributed by atoms with E-state index in [1.165, 1.54) is 17.5 Å². The molecule has 1 aliphatic heterocycles. The number of anilines is 1. The molecule has 0 atom stereocenters. The average Bonchev–Trinajstić information content (AvgIpc) is 2.70. The van der Waals surface area contributed by atoms with Crippen LogP contribution < -0.4 is 5.32 Å². The second-order valence-electron chi connectivity index (χ2n) is 6.90. The third-order valence-corrected chi connectivity index (χ3v) is 5.06. The van der Waals surface area contributed by atoms with Gasteiger partial charge >= 0.3 is 6.03 Å². The lowest BCUT2D eigenvalue weighted by atomic mass is 10.1. The van der Waals surface area contributed by atoms with Gasteiger partial charge in [-0.1, -0.05) is 49.4 Å². The molecule has 0 aliphatic carbocycles. The monoisotopic (exact) mass is 351 g/mol. The quantitative estimate of drug-likeness (QED) is 0.853. The maximum Gasteiger partial charge on any atom is 0.321 e. The minimum absolute atomic E-state index is 0.0122. The summed E-state index contributed by atoms with van der Waals surface area (Å²) in [5.74, 6) is 0. The number of rotatable bonds is 6. The Labute approximate surface area is 156 Å². The van der Waals surface area contributed by atoms with Crippen LogP contribution in [0.4, 0.5) is 10.5 Å². The summed E-state index contributed by atoms with van der Waals surface area (Å²) in [5, 5.41) is 3.01. The van der Waals surface area contributed by atoms with Crippen LogP contribution in [0.2, 0.25) is 0 Å². The highest BCUT2D eigenvalue weighted by molar-refractivity contribution is 5.89. The maximum absolute atomic E-state index is 12.4. The zero-order valence-electron chi connectivity index (χ0n) is 15.7. The van der Waals surface area contributed by atoms with Gasteiger partial charge in [0.25, 0.3) is 0 Å². The van der Waals surface area contributed by atoms with Crippen LogP contribution >= 0.6 is 0 Å². The minimum atomic E-state index is 0.0122. The lowest BCUT2D eigenvalue weighted by Crippen LogP contribution is -2.50. The van der Waals surface area contributed by atoms with Crippen molar-refractivity contribution in [2.45, 2.75) is 26.2 Å². The molecule has 1 heterocycles. The minimum Gasteiger partial charge on any atom is -0.322 e. The number of nitrogens with zero attached hydrogens (tertiary/aromatic N) is 2. The normalized spacial score (nSPS) is 15.0. The number of hydrogen-bond acceptors (Lipinski definition) is 2. The lowest BCUT2D eigenvalue weighted by Gasteiger charge is -2.34. The molecule has 0 radical (unpaired) electrons. The predicted molar refractivity (Wildman–Crippen MR) is 108 cm³/mol. The van der Waals surface area contributed by atoms with E-state index < -0.39 is 0 Å². The van der Waals surface area contributed by atoms with Crippen LogP contribution in [0.5, 0.6) is 0 Å². The van der Waals surface area contributed by atoms with Crippen LogP contribution in [0.1, 0.15) is 24.5 Å². The number of amides is 2. The van der Waals surface area contributed by atoms with E-state index in [4.69, 9.17) is 0 Å². The first-order valence-corrected chi connectivity index (χ1v) is 9.66. The summed E-state index contributed by atoms with van der Waals surface area (Å²) in [6, 6.07) is 18.8. The van der Waals surface area contributed by atoms with Gasteiger partial charge in [-0.3, -0.25) is 4.90 Å². The summed E-state index contributed by atoms with van der Waals surface area (Å²) in [6.45, 7) is 6.73. The van der Waals surface area contributed by atoms with E-state index in [-0.39, 0.29) is 6.03 Å². The first kappa shape index (κ1) is 18.5. The van der Waals surface area contributed by atoms with Crippen LogP contribution in [0.3, 0.4) is 0 Å². The molecule has 4 heteroatoms. The Morgan fingerprint density at radius 1 is 0.923 bits per heavy atom. The van der Waals surface area contributed by atoms with E-state index in [0.717, 1.165) is 51.3 Å². The van der Waals surface area contributed by atoms with Crippen molar-refractivity contribution in [3.05, 3.63) is 65.7 Å². The first-order chi connectivity index (χ1) is 12.7. The van der Waals surface area contributed by atoms with Gasteiger partial charge in [-0.2, -0.15) is 0 Å². The standard InChI is InChI=1S/C22H29N3O/c1-2-19-10-12-21(13-11-19)23-22(26)25-17-15-24(16-18-25)14-6-9-20-7-4-3-5-8-20/h3-5,7-8,10-13H,2,6,9,14-18H2,1H3,(H,23,26). The van der Waals surface area contributed by atoms with Gasteiger partial charge in [0, 0.05) is 31.9 Å². The van der Waals surface area contributed by atoms with Crippen molar-refractivity contribution in [3.8, 4) is 0 Å². The number of carbonyl (C=O) groups is 1. The van der Waals surface area contributed by atoms with Gasteiger partial charge in [-0.05, 0) is 49.1 Å². The zero-order chi connectivity index (χ0) is 18.2. The molecule has 1 aliphatic rings. The smallest absolute Gasteiger partial charge is 0.321 e. The third-order valence-electron chi connectivity index (χ3n) is 5.06. The van der Waals surface area contributed by atoms with Gasteiger partial charge in [0.2, 0.25) is 0 Å². The molecule has 4 nitrogen and oxygen atoms in total. The molecule has 0 spiro atoms. The van der Waals surface area contributed by atoms with Gasteiger partial charge in [0.15, 0.2) is 0 Å². The number of urea groups is 1. The summed E-state index contributed by atoms with van der Waals surface area (Å²) in [6.07, 6.45) is 3.30. The van der Waals surface area contributed by atoms with E-state index in [0.29, 0.717) is 0 Å². The Balaban J connectivity index is 1.37. The van der Waals surface area contributed by atoms with Crippen molar-refractivity contribution < 1.29 is 4.79 Å². The number of carbonyl (C=O) groups excluding carboxylic acids is 1. The highest BCUT2D eigenvalue weighted by atomic mass is 16.2. The Hall–Kier alpha value is -2.33. The van der Waals surface area contributed by atoms with Crippen molar-refractivity contribution in [1.29, 1.82) is 0 Å². The van der Waals surface area contributed by atoms with Crippen LogP contribution in [-0.4, -0.2) is 48.6 Å². The van der Waals surface area contributed by atoms with Gasteiger partial charge < -0.3 is 10.2 Å². The Kier molecular flexibility index (Phi) is 6.67. The van der Waals surface area contributed by atoms with Crippen molar-refractivity contribution in [2.75, 3.05) is 38.0 Å². The fraction of sp³-hybridized carbons (Fsp3) is 0.409. The molecule has 1 fully saturated rings. The molecule has 1 saturated heterocycles. The molecule has 2 aromatic rings. The van der Waals surface area contributed by atoms with Crippen molar-refractivity contribution in [2.24, 2.45) is 0 Å². The highest BCUT2D eigenvalue weighted by Crippen LogP contribution is 2.12. The van der Waals surface area contributed by atoms with Gasteiger partial charge in [-0.15, -0.1) is 0 Å². The number of benzene rings is 2. The number of aryl methyl sites for hydroxylation is 2. The summed E-state index contributed by atoms with van der Waals surface area (Å²) in [4.78, 5) is 16.8. The fourth-order valence-corrected chi connectivity index (χ4v) is 3.35. The number of piperazine rings is 1. The van der Waals surface area contributed by atoms with E-state index in [1.54, 1.807) is 0 Å². The van der Waals surface area contributed by atoms with Crippen LogP contribution in [0.25, 0.3) is 0 Å². The van der Waals surface area contributed by atoms with Crippen LogP contribution in [0, 0.1) is 0 Å². The average molecular weight is 351 g/mol. The second kappa shape index (κ2) is 9.39. The third kappa shape index (κ3) is 5.33. The molecule has 3 rings (SSSR count). The first-order valence-electron chi connectivity index (χ1n) is 9.66. The van der Waals surface area contributed by atoms with Crippen molar-refractivity contribution in [3.63, 3.8) is 0 Å². The van der Waals surface area contributed by atoms with E-state index in [2.05, 4.69) is 59.6 Å². The number of nitrogens with one attached hydrogen (secondary N) is 1. The molecular formula is C22H29N3O. The maximum atomic E-state index is 12.4. The van der Waals surface area contributed by atoms with E-state index in [1.807, 2.05) is 17.0 Å². The van der Waals surface area contributed by atoms with Crippen LogP contribution in [0.15, 0.2) is 54.6 Å². The van der Waals surface area contributed by atoms with Gasteiger partial charge in [0.1, 0.15) is 0 Å². The summed E-state index contributed by atoms with van der Waals surface area (Å²) < 4.78 is 0. The SMILES string of the molecule is CCc1ccc(NC(=O)N2CCN(CCCc3ccccc3)CC2)cc1. The highest BCUT2D eigenvalue weighted by Gasteiger charge is 2.20. The largest absolute Gasteiger partial charge is 0.322 e. The molecule has 0 unspecified atom stereocenters. The summed E-state index contributed by atoms with van der Waals surface area (Å²) in [5.41, 5.74) is 3.56. The van der Waals surface area contributed by atoms with Gasteiger partial charge in [-0.25, -0.2) is 4.79 Å². The summed E-state index contributed by atoms with van der Waals surface area (Å²) >= 11 is 0. The molecule has 138 valence electrons. The fourth-order valence-electron chi connectivity index (χ4n) is 3.35. The van der Waals surface area contributed by atoms with E-state index in [9.17, 15) is 4.79 Å². The molecule has 1 N–H and O–H groups in total. The molecule has 2 amide bonds. The van der Waals surface area contributed by atoms with Crippen LogP contribution in [-0.2, 0) is 12.8 Å². The Morgan fingerprint density at radius 2 is 1.62 bits per heavy atom. The Bertz CT molecular complexity index is 676.